The third-order valence-electron chi connectivity index (χ3n) is 5.24. The fourth-order valence-corrected chi connectivity index (χ4v) is 3.76. The van der Waals surface area contributed by atoms with Gasteiger partial charge in [-0.2, -0.15) is 0 Å². The van der Waals surface area contributed by atoms with E-state index >= 15 is 0 Å². The van der Waals surface area contributed by atoms with Crippen LogP contribution in [0.3, 0.4) is 0 Å². The van der Waals surface area contributed by atoms with Crippen molar-refractivity contribution in [3.05, 3.63) is 53.6 Å². The van der Waals surface area contributed by atoms with E-state index in [1.165, 1.54) is 0 Å². The van der Waals surface area contributed by atoms with Gasteiger partial charge in [-0.3, -0.25) is 4.79 Å². The topological polar surface area (TPSA) is 41.4 Å². The fraction of sp³-hybridized carbons (Fsp3) is 0.524. The normalized spacial score (nSPS) is 17.7. The molecule has 3 rings (SSSR count). The monoisotopic (exact) mass is 354 g/mol. The molecule has 0 saturated carbocycles. The minimum absolute atomic E-state index is 0.165. The molecule has 1 aromatic heterocycles. The minimum Gasteiger partial charge on any atom is -0.338 e. The van der Waals surface area contributed by atoms with E-state index in [1.54, 1.807) is 0 Å². The van der Waals surface area contributed by atoms with Gasteiger partial charge < -0.3 is 14.4 Å². The Bertz CT molecular complexity index is 737. The van der Waals surface area contributed by atoms with Crippen molar-refractivity contribution in [1.29, 1.82) is 0 Å². The molecule has 26 heavy (non-hydrogen) atoms. The Morgan fingerprint density at radius 2 is 2.12 bits per heavy atom. The fourth-order valence-electron chi connectivity index (χ4n) is 3.76. The van der Waals surface area contributed by atoms with Crippen molar-refractivity contribution >= 4 is 5.91 Å². The predicted molar refractivity (Wildman–Crippen MR) is 104 cm³/mol. The molecule has 5 nitrogen and oxygen atoms in total. The van der Waals surface area contributed by atoms with Crippen LogP contribution in [0.4, 0.5) is 0 Å². The molecule has 0 radical (unpaired) electrons. The van der Waals surface area contributed by atoms with Gasteiger partial charge in [-0.1, -0.05) is 25.1 Å². The maximum atomic E-state index is 13.1. The summed E-state index contributed by atoms with van der Waals surface area (Å²) in [5.41, 5.74) is 1.98. The Hall–Kier alpha value is -2.14. The number of aryl methyl sites for hydroxylation is 1. The SMILES string of the molecule is CCc1ccccc1C(=O)N1CCC[C@@H](c2nccn2CCN(C)C)C1. The zero-order valence-electron chi connectivity index (χ0n) is 16.2. The van der Waals surface area contributed by atoms with Crippen molar-refractivity contribution in [3.63, 3.8) is 0 Å². The Labute approximate surface area is 156 Å². The second-order valence-electron chi connectivity index (χ2n) is 7.38. The van der Waals surface area contributed by atoms with Crippen LogP contribution in [0.25, 0.3) is 0 Å². The highest BCUT2D eigenvalue weighted by atomic mass is 16.2. The van der Waals surface area contributed by atoms with Crippen LogP contribution in [0.2, 0.25) is 0 Å². The average Bonchev–Trinajstić information content (AvgIpc) is 3.14. The molecule has 0 unspecified atom stereocenters. The molecule has 140 valence electrons. The molecule has 1 atom stereocenters. The Kier molecular flexibility index (Phi) is 6.09. The summed E-state index contributed by atoms with van der Waals surface area (Å²) in [4.78, 5) is 21.9. The van der Waals surface area contributed by atoms with Crippen LogP contribution in [0.5, 0.6) is 0 Å². The molecule has 0 aliphatic carbocycles. The van der Waals surface area contributed by atoms with Gasteiger partial charge in [0.15, 0.2) is 0 Å². The van der Waals surface area contributed by atoms with Gasteiger partial charge >= 0.3 is 0 Å². The number of hydrogen-bond donors (Lipinski definition) is 0. The van der Waals surface area contributed by atoms with E-state index in [2.05, 4.69) is 47.7 Å². The van der Waals surface area contributed by atoms with Gasteiger partial charge in [0.25, 0.3) is 5.91 Å². The standard InChI is InChI=1S/C21H30N4O/c1-4-17-8-5-6-10-19(17)21(26)25-12-7-9-18(16-25)20-22-11-13-24(20)15-14-23(2)3/h5-6,8,10-11,13,18H,4,7,9,12,14-16H2,1-3H3/t18-/m1/s1. The molecular weight excluding hydrogens is 324 g/mol. The number of rotatable bonds is 6. The Morgan fingerprint density at radius 1 is 1.31 bits per heavy atom. The van der Waals surface area contributed by atoms with Crippen LogP contribution < -0.4 is 0 Å². The molecule has 1 amide bonds. The highest BCUT2D eigenvalue weighted by molar-refractivity contribution is 5.95. The molecule has 1 aliphatic heterocycles. The average molecular weight is 354 g/mol. The van der Waals surface area contributed by atoms with Crippen molar-refractivity contribution in [3.8, 4) is 0 Å². The van der Waals surface area contributed by atoms with Crippen LogP contribution in [0.1, 0.15) is 47.4 Å². The van der Waals surface area contributed by atoms with Gasteiger partial charge in [0.05, 0.1) is 0 Å². The number of nitrogens with zero attached hydrogens (tertiary/aromatic N) is 4. The van der Waals surface area contributed by atoms with Crippen LogP contribution in [0.15, 0.2) is 36.7 Å². The summed E-state index contributed by atoms with van der Waals surface area (Å²) in [6, 6.07) is 7.99. The third kappa shape index (κ3) is 4.15. The summed E-state index contributed by atoms with van der Waals surface area (Å²) in [6.45, 7) is 5.63. The number of benzene rings is 1. The van der Waals surface area contributed by atoms with Crippen LogP contribution >= 0.6 is 0 Å². The summed E-state index contributed by atoms with van der Waals surface area (Å²) in [5.74, 6) is 1.60. The van der Waals surface area contributed by atoms with Gasteiger partial charge in [-0.05, 0) is 45.0 Å². The van der Waals surface area contributed by atoms with Gasteiger partial charge in [-0.25, -0.2) is 4.98 Å². The van der Waals surface area contributed by atoms with Crippen molar-refractivity contribution < 1.29 is 4.79 Å². The molecule has 1 aliphatic rings. The number of imidazole rings is 1. The highest BCUT2D eigenvalue weighted by Gasteiger charge is 2.28. The maximum Gasteiger partial charge on any atom is 0.254 e. The first-order valence-corrected chi connectivity index (χ1v) is 9.63. The first kappa shape index (κ1) is 18.6. The molecule has 0 bridgehead atoms. The number of carbonyl (C=O) groups excluding carboxylic acids is 1. The van der Waals surface area contributed by atoms with E-state index in [9.17, 15) is 4.79 Å². The summed E-state index contributed by atoms with van der Waals surface area (Å²) in [7, 11) is 4.17. The van der Waals surface area contributed by atoms with Crippen LogP contribution in [0, 0.1) is 0 Å². The second kappa shape index (κ2) is 8.49. The number of piperidine rings is 1. The molecule has 1 saturated heterocycles. The minimum atomic E-state index is 0.165. The van der Waals surface area contributed by atoms with Gasteiger partial charge in [0, 0.05) is 50.1 Å². The summed E-state index contributed by atoms with van der Waals surface area (Å²) >= 11 is 0. The Morgan fingerprint density at radius 3 is 2.88 bits per heavy atom. The lowest BCUT2D eigenvalue weighted by Crippen LogP contribution is -2.40. The smallest absolute Gasteiger partial charge is 0.254 e. The lowest BCUT2D eigenvalue weighted by molar-refractivity contribution is 0.0702. The number of likely N-dealkylation sites (N-methyl/N-ethyl adjacent to an activating group) is 1. The number of aromatic nitrogens is 2. The summed E-state index contributed by atoms with van der Waals surface area (Å²) in [5, 5.41) is 0. The summed E-state index contributed by atoms with van der Waals surface area (Å²) < 4.78 is 2.25. The van der Waals surface area contributed by atoms with E-state index < -0.39 is 0 Å². The first-order valence-electron chi connectivity index (χ1n) is 9.63. The van der Waals surface area contributed by atoms with Gasteiger partial charge in [0.2, 0.25) is 0 Å². The molecular formula is C21H30N4O. The number of amides is 1. The zero-order valence-corrected chi connectivity index (χ0v) is 16.2. The molecule has 0 N–H and O–H groups in total. The molecule has 2 heterocycles. The number of carbonyl (C=O) groups is 1. The summed E-state index contributed by atoms with van der Waals surface area (Å²) in [6.07, 6.45) is 6.96. The van der Waals surface area contributed by atoms with E-state index in [4.69, 9.17) is 0 Å². The number of likely N-dealkylation sites (tertiary alicyclic amines) is 1. The quantitative estimate of drug-likeness (QED) is 0.801. The van der Waals surface area contributed by atoms with Gasteiger partial charge in [-0.15, -0.1) is 0 Å². The van der Waals surface area contributed by atoms with Crippen molar-refractivity contribution in [1.82, 2.24) is 19.4 Å². The largest absolute Gasteiger partial charge is 0.338 e. The Balaban J connectivity index is 1.74. The van der Waals surface area contributed by atoms with E-state index in [0.717, 1.165) is 62.4 Å². The molecule has 5 heteroatoms. The lowest BCUT2D eigenvalue weighted by atomic mass is 9.95. The molecule has 1 fully saturated rings. The van der Waals surface area contributed by atoms with Crippen molar-refractivity contribution in [2.75, 3.05) is 33.7 Å². The predicted octanol–water partition coefficient (Wildman–Crippen LogP) is 3.03. The zero-order chi connectivity index (χ0) is 18.5. The molecule has 2 aromatic rings. The van der Waals surface area contributed by atoms with E-state index in [1.807, 2.05) is 29.3 Å². The van der Waals surface area contributed by atoms with Crippen molar-refractivity contribution in [2.45, 2.75) is 38.6 Å². The lowest BCUT2D eigenvalue weighted by Gasteiger charge is -2.33. The molecule has 0 spiro atoms. The maximum absolute atomic E-state index is 13.1. The number of hydrogen-bond acceptors (Lipinski definition) is 3. The van der Waals surface area contributed by atoms with E-state index in [-0.39, 0.29) is 5.91 Å². The van der Waals surface area contributed by atoms with E-state index in [0.29, 0.717) is 5.92 Å². The third-order valence-corrected chi connectivity index (χ3v) is 5.24. The first-order chi connectivity index (χ1) is 12.6. The van der Waals surface area contributed by atoms with Crippen molar-refractivity contribution in [2.24, 2.45) is 0 Å². The molecule has 1 aromatic carbocycles. The second-order valence-corrected chi connectivity index (χ2v) is 7.38. The van der Waals surface area contributed by atoms with Crippen LogP contribution in [-0.2, 0) is 13.0 Å². The van der Waals surface area contributed by atoms with Gasteiger partial charge in [0.1, 0.15) is 5.82 Å². The highest BCUT2D eigenvalue weighted by Crippen LogP contribution is 2.27. The van der Waals surface area contributed by atoms with Crippen LogP contribution in [-0.4, -0.2) is 59.0 Å².